The molecule has 3 aromatic carbocycles. The Morgan fingerprint density at radius 2 is 1.56 bits per heavy atom. The van der Waals surface area contributed by atoms with Crippen LogP contribution in [0.25, 0.3) is 11.0 Å². The van der Waals surface area contributed by atoms with Gasteiger partial charge in [0.15, 0.2) is 0 Å². The number of halogens is 2. The van der Waals surface area contributed by atoms with Gasteiger partial charge in [0.1, 0.15) is 5.58 Å². The fraction of sp³-hybridized carbons (Fsp3) is 0.0476. The van der Waals surface area contributed by atoms with Crippen LogP contribution in [-0.4, -0.2) is 16.8 Å². The van der Waals surface area contributed by atoms with E-state index in [-0.39, 0.29) is 26.4 Å². The molecule has 0 aliphatic carbocycles. The van der Waals surface area contributed by atoms with Gasteiger partial charge in [-0.1, -0.05) is 45.7 Å². The van der Waals surface area contributed by atoms with Crippen LogP contribution in [0.5, 0.6) is 0 Å². The third kappa shape index (κ3) is 4.63. The summed E-state index contributed by atoms with van der Waals surface area (Å²) in [5.41, 5.74) is 1.10. The normalized spacial score (nSPS) is 12.1. The van der Waals surface area contributed by atoms with Crippen molar-refractivity contribution in [2.24, 2.45) is 0 Å². The fourth-order valence-electron chi connectivity index (χ4n) is 2.96. The SMILES string of the molecule is Cc1cc(S(=O)(=O)Nc2ccc(Cl)cc2NS(=O)(=O)c2cc3ccccc3o2)ccc1Br. The van der Waals surface area contributed by atoms with Gasteiger partial charge in [-0.05, 0) is 55.0 Å². The smallest absolute Gasteiger partial charge is 0.295 e. The van der Waals surface area contributed by atoms with Crippen molar-refractivity contribution in [3.63, 3.8) is 0 Å². The number of anilines is 2. The van der Waals surface area contributed by atoms with E-state index in [1.807, 2.05) is 0 Å². The van der Waals surface area contributed by atoms with E-state index in [0.717, 1.165) is 10.0 Å². The maximum atomic E-state index is 12.9. The van der Waals surface area contributed by atoms with Gasteiger partial charge in [-0.3, -0.25) is 9.44 Å². The highest BCUT2D eigenvalue weighted by Gasteiger charge is 2.23. The van der Waals surface area contributed by atoms with Gasteiger partial charge in [-0.25, -0.2) is 8.42 Å². The molecule has 4 aromatic rings. The zero-order valence-electron chi connectivity index (χ0n) is 16.5. The van der Waals surface area contributed by atoms with E-state index >= 15 is 0 Å². The summed E-state index contributed by atoms with van der Waals surface area (Å²) in [6, 6.07) is 16.9. The molecule has 0 bridgehead atoms. The van der Waals surface area contributed by atoms with E-state index in [2.05, 4.69) is 25.4 Å². The molecule has 0 unspecified atom stereocenters. The Morgan fingerprint density at radius 1 is 0.844 bits per heavy atom. The number of aryl methyl sites for hydroxylation is 1. The summed E-state index contributed by atoms with van der Waals surface area (Å²) in [4.78, 5) is 0.0271. The molecular formula is C21H16BrClN2O5S2. The van der Waals surface area contributed by atoms with Crippen LogP contribution in [-0.2, 0) is 20.0 Å². The van der Waals surface area contributed by atoms with Gasteiger partial charge in [-0.15, -0.1) is 0 Å². The molecule has 0 atom stereocenters. The molecule has 0 fully saturated rings. The van der Waals surface area contributed by atoms with E-state index < -0.39 is 20.0 Å². The molecule has 0 aliphatic heterocycles. The largest absolute Gasteiger partial charge is 0.443 e. The molecular weight excluding hydrogens is 540 g/mol. The van der Waals surface area contributed by atoms with Crippen LogP contribution in [0.4, 0.5) is 11.4 Å². The van der Waals surface area contributed by atoms with E-state index in [4.69, 9.17) is 16.0 Å². The molecule has 0 radical (unpaired) electrons. The predicted octanol–water partition coefficient (Wildman–Crippen LogP) is 5.76. The van der Waals surface area contributed by atoms with Crippen LogP contribution in [0.2, 0.25) is 5.02 Å². The maximum absolute atomic E-state index is 12.9. The quantitative estimate of drug-likeness (QED) is 0.315. The second-order valence-corrected chi connectivity index (χ2v) is 11.5. The van der Waals surface area contributed by atoms with Crippen LogP contribution in [0.3, 0.4) is 0 Å². The number of para-hydroxylation sites is 1. The molecule has 0 saturated heterocycles. The van der Waals surface area contributed by atoms with E-state index in [1.54, 1.807) is 37.3 Å². The zero-order valence-corrected chi connectivity index (χ0v) is 20.4. The number of nitrogens with one attached hydrogen (secondary N) is 2. The molecule has 11 heteroatoms. The van der Waals surface area contributed by atoms with Crippen LogP contribution in [0.1, 0.15) is 5.56 Å². The first-order chi connectivity index (χ1) is 15.0. The third-order valence-corrected chi connectivity index (χ3v) is 8.29. The van der Waals surface area contributed by atoms with Crippen molar-refractivity contribution >= 4 is 69.9 Å². The van der Waals surface area contributed by atoms with Gasteiger partial charge >= 0.3 is 0 Å². The number of fused-ring (bicyclic) bond motifs is 1. The highest BCUT2D eigenvalue weighted by Crippen LogP contribution is 2.32. The average Bonchev–Trinajstić information content (AvgIpc) is 3.17. The Morgan fingerprint density at radius 3 is 2.28 bits per heavy atom. The Kier molecular flexibility index (Phi) is 5.97. The Hall–Kier alpha value is -2.53. The molecule has 0 spiro atoms. The summed E-state index contributed by atoms with van der Waals surface area (Å²) in [5, 5.41) is 0.524. The van der Waals surface area contributed by atoms with Crippen LogP contribution in [0, 0.1) is 6.92 Å². The summed E-state index contributed by atoms with van der Waals surface area (Å²) in [6.07, 6.45) is 0. The van der Waals surface area contributed by atoms with Crippen LogP contribution < -0.4 is 9.44 Å². The van der Waals surface area contributed by atoms with Crippen molar-refractivity contribution < 1.29 is 21.3 Å². The highest BCUT2D eigenvalue weighted by molar-refractivity contribution is 9.10. The van der Waals surface area contributed by atoms with Crippen molar-refractivity contribution in [2.45, 2.75) is 16.9 Å². The van der Waals surface area contributed by atoms with E-state index in [0.29, 0.717) is 11.0 Å². The number of furan rings is 1. The number of hydrogen-bond acceptors (Lipinski definition) is 5. The van der Waals surface area contributed by atoms with Gasteiger partial charge in [0, 0.05) is 20.9 Å². The number of benzene rings is 3. The van der Waals surface area contributed by atoms with Crippen LogP contribution >= 0.6 is 27.5 Å². The van der Waals surface area contributed by atoms with Crippen LogP contribution in [0.15, 0.2) is 85.6 Å². The molecule has 166 valence electrons. The minimum Gasteiger partial charge on any atom is -0.443 e. The first kappa shape index (κ1) is 22.7. The summed E-state index contributed by atoms with van der Waals surface area (Å²) in [7, 11) is -8.16. The zero-order chi connectivity index (χ0) is 23.1. The Labute approximate surface area is 198 Å². The van der Waals surface area contributed by atoms with Crippen molar-refractivity contribution in [2.75, 3.05) is 9.44 Å². The lowest BCUT2D eigenvalue weighted by molar-refractivity contribution is 0.484. The lowest BCUT2D eigenvalue weighted by Gasteiger charge is -2.15. The number of sulfonamides is 2. The maximum Gasteiger partial charge on any atom is 0.295 e. The molecule has 0 saturated carbocycles. The minimum absolute atomic E-state index is 0.00894. The van der Waals surface area contributed by atoms with Gasteiger partial charge in [-0.2, -0.15) is 8.42 Å². The second kappa shape index (κ2) is 8.43. The minimum atomic E-state index is -4.16. The summed E-state index contributed by atoms with van der Waals surface area (Å²) >= 11 is 9.38. The topological polar surface area (TPSA) is 105 Å². The Bertz CT molecular complexity index is 1520. The molecule has 1 aromatic heterocycles. The first-order valence-electron chi connectivity index (χ1n) is 9.15. The molecule has 32 heavy (non-hydrogen) atoms. The average molecular weight is 556 g/mol. The lowest BCUT2D eigenvalue weighted by atomic mass is 10.2. The third-order valence-electron chi connectivity index (χ3n) is 4.58. The predicted molar refractivity (Wildman–Crippen MR) is 128 cm³/mol. The van der Waals surface area contributed by atoms with Gasteiger partial charge < -0.3 is 4.42 Å². The molecule has 1 heterocycles. The van der Waals surface area contributed by atoms with Crippen molar-refractivity contribution in [1.82, 2.24) is 0 Å². The standard InChI is InChI=1S/C21H16BrClN2O5S2/c1-13-10-16(7-8-17(13)22)31(26,27)24-18-9-6-15(23)12-19(18)25-32(28,29)21-11-14-4-2-3-5-20(14)30-21/h2-12,24-25H,1H3. The number of hydrogen-bond donors (Lipinski definition) is 2. The van der Waals surface area contributed by atoms with Gasteiger partial charge in [0.05, 0.1) is 16.3 Å². The van der Waals surface area contributed by atoms with Gasteiger partial charge in [0.2, 0.25) is 5.09 Å². The molecule has 4 rings (SSSR count). The molecule has 7 nitrogen and oxygen atoms in total. The van der Waals surface area contributed by atoms with Crippen molar-refractivity contribution in [3.8, 4) is 0 Å². The first-order valence-corrected chi connectivity index (χ1v) is 13.3. The molecule has 2 N–H and O–H groups in total. The monoisotopic (exact) mass is 554 g/mol. The van der Waals surface area contributed by atoms with E-state index in [1.165, 1.54) is 36.4 Å². The summed E-state index contributed by atoms with van der Waals surface area (Å²) in [5.74, 6) is 0. The van der Waals surface area contributed by atoms with Crippen molar-refractivity contribution in [3.05, 3.63) is 81.8 Å². The number of rotatable bonds is 6. The fourth-order valence-corrected chi connectivity index (χ4v) is 5.59. The van der Waals surface area contributed by atoms with Gasteiger partial charge in [0.25, 0.3) is 20.0 Å². The summed E-state index contributed by atoms with van der Waals surface area (Å²) in [6.45, 7) is 1.76. The molecule has 0 aliphatic rings. The molecule has 0 amide bonds. The Balaban J connectivity index is 1.69. The second-order valence-electron chi connectivity index (χ2n) is 6.92. The van der Waals surface area contributed by atoms with E-state index in [9.17, 15) is 16.8 Å². The van der Waals surface area contributed by atoms with Crippen molar-refractivity contribution in [1.29, 1.82) is 0 Å². The summed E-state index contributed by atoms with van der Waals surface area (Å²) < 4.78 is 62.6. The lowest BCUT2D eigenvalue weighted by Crippen LogP contribution is -2.17. The highest BCUT2D eigenvalue weighted by atomic mass is 79.9.